The molecule has 164 valence electrons. The molecule has 1 amide bonds. The summed E-state index contributed by atoms with van der Waals surface area (Å²) in [5.74, 6) is -1.13. The Hall–Kier alpha value is -2.77. The molecule has 2 aliphatic rings. The van der Waals surface area contributed by atoms with Gasteiger partial charge in [0.15, 0.2) is 0 Å². The number of amides is 1. The Bertz CT molecular complexity index is 980. The fourth-order valence-corrected chi connectivity index (χ4v) is 4.48. The predicted molar refractivity (Wildman–Crippen MR) is 114 cm³/mol. The van der Waals surface area contributed by atoms with Gasteiger partial charge >= 0.3 is 5.97 Å². The summed E-state index contributed by atoms with van der Waals surface area (Å²) in [5.41, 5.74) is 2.87. The van der Waals surface area contributed by atoms with Gasteiger partial charge in [-0.1, -0.05) is 30.3 Å². The first-order chi connectivity index (χ1) is 14.9. The van der Waals surface area contributed by atoms with Crippen LogP contribution in [0.1, 0.15) is 27.0 Å². The van der Waals surface area contributed by atoms with Crippen molar-refractivity contribution in [1.29, 1.82) is 0 Å². The highest BCUT2D eigenvalue weighted by Crippen LogP contribution is 2.23. The smallest absolute Gasteiger partial charge is 0.317 e. The van der Waals surface area contributed by atoms with Crippen LogP contribution in [-0.4, -0.2) is 72.2 Å². The fourth-order valence-electron chi connectivity index (χ4n) is 4.48. The molecule has 0 aromatic heterocycles. The van der Waals surface area contributed by atoms with Crippen LogP contribution in [0.5, 0.6) is 0 Å². The van der Waals surface area contributed by atoms with Gasteiger partial charge in [0.25, 0.3) is 5.91 Å². The van der Waals surface area contributed by atoms with Crippen molar-refractivity contribution < 1.29 is 23.8 Å². The molecule has 2 aromatic rings. The summed E-state index contributed by atoms with van der Waals surface area (Å²) in [5, 5.41) is 9.25. The molecule has 0 unspecified atom stereocenters. The number of carboxylic acid groups (broad SMARTS) is 1. The lowest BCUT2D eigenvalue weighted by Crippen LogP contribution is -2.47. The largest absolute Gasteiger partial charge is 0.480 e. The first-order valence-electron chi connectivity index (χ1n) is 10.6. The van der Waals surface area contributed by atoms with Crippen LogP contribution in [-0.2, 0) is 16.0 Å². The highest BCUT2D eigenvalue weighted by atomic mass is 19.1. The van der Waals surface area contributed by atoms with Crippen molar-refractivity contribution >= 4 is 11.9 Å². The van der Waals surface area contributed by atoms with Gasteiger partial charge in [-0.05, 0) is 42.2 Å². The van der Waals surface area contributed by atoms with E-state index in [2.05, 4.69) is 0 Å². The Labute approximate surface area is 181 Å². The third-order valence-electron chi connectivity index (χ3n) is 6.09. The number of benzene rings is 2. The Kier molecular flexibility index (Phi) is 6.34. The highest BCUT2D eigenvalue weighted by Gasteiger charge is 2.36. The number of fused-ring (bicyclic) bond motifs is 3. The van der Waals surface area contributed by atoms with Crippen LogP contribution in [0, 0.1) is 18.7 Å². The summed E-state index contributed by atoms with van der Waals surface area (Å²) in [6.45, 7) is 4.16. The van der Waals surface area contributed by atoms with Crippen molar-refractivity contribution in [3.63, 3.8) is 0 Å². The van der Waals surface area contributed by atoms with Crippen molar-refractivity contribution in [2.24, 2.45) is 5.92 Å². The number of carboxylic acids is 1. The molecule has 31 heavy (non-hydrogen) atoms. The van der Waals surface area contributed by atoms with E-state index in [1.54, 1.807) is 13.0 Å². The number of halogens is 1. The van der Waals surface area contributed by atoms with Crippen LogP contribution in [0.2, 0.25) is 0 Å². The van der Waals surface area contributed by atoms with E-state index in [-0.39, 0.29) is 30.2 Å². The molecular formula is C24H27FN2O4. The lowest BCUT2D eigenvalue weighted by Gasteiger charge is -2.31. The average Bonchev–Trinajstić information content (AvgIpc) is 3.00. The lowest BCUT2D eigenvalue weighted by molar-refractivity contribution is -0.139. The molecule has 7 heteroatoms. The second kappa shape index (κ2) is 9.16. The number of hydrogen-bond donors (Lipinski definition) is 1. The SMILES string of the molecule is Cc1ccc(Cc2ccccc2C(=O)N2C[C@@H]3COC[C@H](C2)N(CC(=O)O)C3)cc1F. The molecule has 6 nitrogen and oxygen atoms in total. The highest BCUT2D eigenvalue weighted by molar-refractivity contribution is 5.96. The van der Waals surface area contributed by atoms with Crippen LogP contribution in [0.3, 0.4) is 0 Å². The first-order valence-corrected chi connectivity index (χ1v) is 10.6. The number of rotatable bonds is 5. The summed E-state index contributed by atoms with van der Waals surface area (Å²) in [6, 6.07) is 12.5. The van der Waals surface area contributed by atoms with Crippen LogP contribution < -0.4 is 0 Å². The van der Waals surface area contributed by atoms with E-state index in [1.165, 1.54) is 6.07 Å². The van der Waals surface area contributed by atoms with Gasteiger partial charge in [0.05, 0.1) is 25.8 Å². The number of hydrogen-bond acceptors (Lipinski definition) is 4. The maximum atomic E-state index is 14.0. The Balaban J connectivity index is 1.57. The van der Waals surface area contributed by atoms with E-state index >= 15 is 0 Å². The molecular weight excluding hydrogens is 399 g/mol. The second-order valence-corrected chi connectivity index (χ2v) is 8.51. The molecule has 2 saturated heterocycles. The summed E-state index contributed by atoms with van der Waals surface area (Å²) in [7, 11) is 0. The third-order valence-corrected chi connectivity index (χ3v) is 6.09. The van der Waals surface area contributed by atoms with Gasteiger partial charge in [-0.25, -0.2) is 4.39 Å². The average molecular weight is 426 g/mol. The van der Waals surface area contributed by atoms with Crippen molar-refractivity contribution in [1.82, 2.24) is 9.80 Å². The molecule has 2 aliphatic heterocycles. The molecule has 1 N–H and O–H groups in total. The normalized spacial score (nSPS) is 21.5. The van der Waals surface area contributed by atoms with Crippen LogP contribution in [0.15, 0.2) is 42.5 Å². The topological polar surface area (TPSA) is 70.1 Å². The molecule has 2 heterocycles. The predicted octanol–water partition coefficient (Wildman–Crippen LogP) is 2.58. The molecule has 2 aromatic carbocycles. The van der Waals surface area contributed by atoms with Crippen LogP contribution in [0.25, 0.3) is 0 Å². The zero-order valence-corrected chi connectivity index (χ0v) is 17.6. The van der Waals surface area contributed by atoms with Crippen molar-refractivity contribution in [3.05, 3.63) is 70.5 Å². The van der Waals surface area contributed by atoms with Gasteiger partial charge in [-0.15, -0.1) is 0 Å². The lowest BCUT2D eigenvalue weighted by atomic mass is 9.97. The van der Waals surface area contributed by atoms with Crippen molar-refractivity contribution in [2.45, 2.75) is 19.4 Å². The monoisotopic (exact) mass is 426 g/mol. The minimum Gasteiger partial charge on any atom is -0.480 e. The van der Waals surface area contributed by atoms with Gasteiger partial charge in [0.1, 0.15) is 5.82 Å². The number of aryl methyl sites for hydroxylation is 1. The van der Waals surface area contributed by atoms with Crippen molar-refractivity contribution in [2.75, 3.05) is 39.4 Å². The van der Waals surface area contributed by atoms with Gasteiger partial charge in [-0.3, -0.25) is 14.5 Å². The summed E-state index contributed by atoms with van der Waals surface area (Å²) < 4.78 is 19.7. The number of nitrogens with zero attached hydrogens (tertiary/aromatic N) is 2. The standard InChI is InChI=1S/C24H27FN2O4/c1-16-6-7-17(9-22(16)25)8-19-4-2-3-5-21(19)24(30)27-11-18-10-26(13-23(28)29)20(12-27)15-31-14-18/h2-7,9,18,20H,8,10-15H2,1H3,(H,28,29)/t18-,20+/m1/s1. The molecule has 0 saturated carbocycles. The van der Waals surface area contributed by atoms with E-state index < -0.39 is 5.97 Å². The van der Waals surface area contributed by atoms with Crippen LogP contribution in [0.4, 0.5) is 4.39 Å². The zero-order valence-electron chi connectivity index (χ0n) is 17.6. The summed E-state index contributed by atoms with van der Waals surface area (Å²) >= 11 is 0. The van der Waals surface area contributed by atoms with Crippen molar-refractivity contribution in [3.8, 4) is 0 Å². The minimum absolute atomic E-state index is 0.0534. The maximum Gasteiger partial charge on any atom is 0.317 e. The van der Waals surface area contributed by atoms with Crippen LogP contribution >= 0.6 is 0 Å². The number of aliphatic carboxylic acids is 1. The molecule has 0 radical (unpaired) electrons. The summed E-state index contributed by atoms with van der Waals surface area (Å²) in [6.07, 6.45) is 0.466. The second-order valence-electron chi connectivity index (χ2n) is 8.51. The molecule has 4 rings (SSSR count). The maximum absolute atomic E-state index is 14.0. The number of carbonyl (C=O) groups excluding carboxylic acids is 1. The fraction of sp³-hybridized carbons (Fsp3) is 0.417. The molecule has 2 fully saturated rings. The van der Waals surface area contributed by atoms with E-state index in [0.717, 1.165) is 11.1 Å². The van der Waals surface area contributed by atoms with Gasteiger partial charge in [0.2, 0.25) is 0 Å². The summed E-state index contributed by atoms with van der Waals surface area (Å²) in [4.78, 5) is 28.5. The quantitative estimate of drug-likeness (QED) is 0.796. The number of ether oxygens (including phenoxy) is 1. The third kappa shape index (κ3) is 4.94. The Morgan fingerprint density at radius 1 is 1.13 bits per heavy atom. The van der Waals surface area contributed by atoms with E-state index in [4.69, 9.17) is 4.74 Å². The van der Waals surface area contributed by atoms with E-state index in [1.807, 2.05) is 40.1 Å². The van der Waals surface area contributed by atoms with Gasteiger partial charge in [0, 0.05) is 31.1 Å². The molecule has 2 bridgehead atoms. The Morgan fingerprint density at radius 3 is 2.71 bits per heavy atom. The van der Waals surface area contributed by atoms with E-state index in [0.29, 0.717) is 50.4 Å². The van der Waals surface area contributed by atoms with Gasteiger partial charge < -0.3 is 14.7 Å². The molecule has 2 atom stereocenters. The molecule has 0 spiro atoms. The molecule has 0 aliphatic carbocycles. The first kappa shape index (κ1) is 21.5. The zero-order chi connectivity index (χ0) is 22.0. The van der Waals surface area contributed by atoms with E-state index in [9.17, 15) is 19.1 Å². The van der Waals surface area contributed by atoms with Gasteiger partial charge in [-0.2, -0.15) is 0 Å². The number of carbonyl (C=O) groups is 2. The Morgan fingerprint density at radius 2 is 1.94 bits per heavy atom. The minimum atomic E-state index is -0.874.